The number of hydrogen-bond donors (Lipinski definition) is 1. The van der Waals surface area contributed by atoms with Gasteiger partial charge in [0.15, 0.2) is 5.16 Å². The summed E-state index contributed by atoms with van der Waals surface area (Å²) in [5.41, 5.74) is 3.15. The Hall–Kier alpha value is -1.83. The monoisotopic (exact) mass is 419 g/mol. The highest BCUT2D eigenvalue weighted by Crippen LogP contribution is 2.23. The van der Waals surface area contributed by atoms with Crippen LogP contribution in [-0.4, -0.2) is 59.3 Å². The van der Waals surface area contributed by atoms with Gasteiger partial charge in [0.1, 0.15) is 11.0 Å². The summed E-state index contributed by atoms with van der Waals surface area (Å²) in [6.07, 6.45) is 0. The molecule has 1 aromatic heterocycles. The third-order valence-corrected chi connectivity index (χ3v) is 5.97. The molecule has 0 saturated carbocycles. The summed E-state index contributed by atoms with van der Waals surface area (Å²) in [6.45, 7) is 11.2. The van der Waals surface area contributed by atoms with E-state index in [1.165, 1.54) is 17.3 Å². The number of nitrogens with zero attached hydrogens (tertiary/aromatic N) is 4. The maximum Gasteiger partial charge on any atom is 0.234 e. The van der Waals surface area contributed by atoms with Crippen molar-refractivity contribution in [3.05, 3.63) is 40.5 Å². The van der Waals surface area contributed by atoms with Crippen LogP contribution in [0.3, 0.4) is 0 Å². The topological polar surface area (TPSA) is 61.4 Å². The molecule has 1 saturated heterocycles. The number of anilines is 2. The Morgan fingerprint density at radius 2 is 1.89 bits per heavy atom. The summed E-state index contributed by atoms with van der Waals surface area (Å²) in [7, 11) is 0. The minimum Gasteiger partial charge on any atom is -0.354 e. The van der Waals surface area contributed by atoms with Crippen molar-refractivity contribution in [1.29, 1.82) is 0 Å². The zero-order valence-corrected chi connectivity index (χ0v) is 18.1. The van der Waals surface area contributed by atoms with Crippen LogP contribution < -0.4 is 10.2 Å². The lowest BCUT2D eigenvalue weighted by Crippen LogP contribution is -2.46. The Bertz CT molecular complexity index is 839. The fourth-order valence-electron chi connectivity index (χ4n) is 3.05. The zero-order chi connectivity index (χ0) is 20.1. The molecule has 1 aromatic carbocycles. The standard InChI is InChI=1S/C20H26ClN5OS/c1-4-25-7-9-26(10-8-25)18-12-17(21)23-20(24-18)28-13-19(27)22-16-6-5-14(2)15(3)11-16/h5-6,11-12H,4,7-10,13H2,1-3H3,(H,22,27). The lowest BCUT2D eigenvalue weighted by molar-refractivity contribution is -0.113. The van der Waals surface area contributed by atoms with Crippen molar-refractivity contribution in [2.45, 2.75) is 25.9 Å². The van der Waals surface area contributed by atoms with Crippen molar-refractivity contribution in [1.82, 2.24) is 14.9 Å². The van der Waals surface area contributed by atoms with Crippen LogP contribution in [-0.2, 0) is 4.79 Å². The van der Waals surface area contributed by atoms with Crippen LogP contribution in [0.2, 0.25) is 5.15 Å². The predicted octanol–water partition coefficient (Wildman–Crippen LogP) is 3.62. The van der Waals surface area contributed by atoms with E-state index in [4.69, 9.17) is 11.6 Å². The van der Waals surface area contributed by atoms with Gasteiger partial charge in [-0.2, -0.15) is 0 Å². The Kier molecular flexibility index (Phi) is 7.15. The van der Waals surface area contributed by atoms with Gasteiger partial charge >= 0.3 is 0 Å². The molecule has 1 aliphatic heterocycles. The SMILES string of the molecule is CCN1CCN(c2cc(Cl)nc(SCC(=O)Nc3ccc(C)c(C)c3)n2)CC1. The fourth-order valence-corrected chi connectivity index (χ4v) is 3.93. The van der Waals surface area contributed by atoms with Crippen LogP contribution in [0.25, 0.3) is 0 Å². The highest BCUT2D eigenvalue weighted by molar-refractivity contribution is 7.99. The Morgan fingerprint density at radius 1 is 1.14 bits per heavy atom. The number of amides is 1. The molecule has 0 spiro atoms. The van der Waals surface area contributed by atoms with Crippen molar-refractivity contribution >= 4 is 40.8 Å². The third kappa shape index (κ3) is 5.59. The number of halogens is 1. The second kappa shape index (κ2) is 9.58. The summed E-state index contributed by atoms with van der Waals surface area (Å²) < 4.78 is 0. The van der Waals surface area contributed by atoms with E-state index >= 15 is 0 Å². The van der Waals surface area contributed by atoms with Crippen LogP contribution in [0.15, 0.2) is 29.4 Å². The molecule has 1 aliphatic rings. The van der Waals surface area contributed by atoms with E-state index in [0.29, 0.717) is 10.3 Å². The van der Waals surface area contributed by atoms with Gasteiger partial charge in [-0.05, 0) is 43.7 Å². The molecule has 1 amide bonds. The molecule has 3 rings (SSSR count). The van der Waals surface area contributed by atoms with Gasteiger partial charge in [-0.15, -0.1) is 0 Å². The van der Waals surface area contributed by atoms with E-state index in [1.54, 1.807) is 6.07 Å². The lowest BCUT2D eigenvalue weighted by atomic mass is 10.1. The third-order valence-electron chi connectivity index (χ3n) is 4.93. The molecule has 0 atom stereocenters. The number of benzene rings is 1. The molecule has 2 heterocycles. The van der Waals surface area contributed by atoms with Crippen LogP contribution >= 0.6 is 23.4 Å². The number of likely N-dealkylation sites (N-methyl/N-ethyl adjacent to an activating group) is 1. The minimum atomic E-state index is -0.0880. The smallest absolute Gasteiger partial charge is 0.234 e. The highest BCUT2D eigenvalue weighted by atomic mass is 35.5. The van der Waals surface area contributed by atoms with Crippen LogP contribution in [0.4, 0.5) is 11.5 Å². The number of piperazine rings is 1. The first-order valence-corrected chi connectivity index (χ1v) is 10.8. The van der Waals surface area contributed by atoms with Gasteiger partial charge in [0.05, 0.1) is 5.75 Å². The van der Waals surface area contributed by atoms with Gasteiger partial charge in [0.2, 0.25) is 5.91 Å². The number of carbonyl (C=O) groups is 1. The first-order valence-electron chi connectivity index (χ1n) is 9.46. The first-order chi connectivity index (χ1) is 13.4. The molecule has 0 bridgehead atoms. The molecule has 0 radical (unpaired) electrons. The van der Waals surface area contributed by atoms with Crippen molar-refractivity contribution in [2.24, 2.45) is 0 Å². The van der Waals surface area contributed by atoms with Crippen LogP contribution in [0, 0.1) is 13.8 Å². The maximum atomic E-state index is 12.3. The van der Waals surface area contributed by atoms with Gasteiger partial charge in [0, 0.05) is 37.9 Å². The largest absolute Gasteiger partial charge is 0.354 e. The van der Waals surface area contributed by atoms with E-state index in [1.807, 2.05) is 32.0 Å². The molecular weight excluding hydrogens is 394 g/mol. The molecular formula is C20H26ClN5OS. The quantitative estimate of drug-likeness (QED) is 0.438. The van der Waals surface area contributed by atoms with Gasteiger partial charge < -0.3 is 15.1 Å². The summed E-state index contributed by atoms with van der Waals surface area (Å²) in [6, 6.07) is 7.68. The number of thioether (sulfide) groups is 1. The Morgan fingerprint density at radius 3 is 2.57 bits per heavy atom. The predicted molar refractivity (Wildman–Crippen MR) is 117 cm³/mol. The van der Waals surface area contributed by atoms with E-state index in [0.717, 1.165) is 49.8 Å². The van der Waals surface area contributed by atoms with Crippen LogP contribution in [0.1, 0.15) is 18.1 Å². The number of aryl methyl sites for hydroxylation is 2. The maximum absolute atomic E-state index is 12.3. The average Bonchev–Trinajstić information content (AvgIpc) is 2.69. The molecule has 8 heteroatoms. The Labute approximate surface area is 175 Å². The number of hydrogen-bond acceptors (Lipinski definition) is 6. The fraction of sp³-hybridized carbons (Fsp3) is 0.450. The number of aromatic nitrogens is 2. The molecule has 2 aromatic rings. The van der Waals surface area contributed by atoms with Crippen LogP contribution in [0.5, 0.6) is 0 Å². The summed E-state index contributed by atoms with van der Waals surface area (Å²) >= 11 is 7.50. The van der Waals surface area contributed by atoms with Gasteiger partial charge in [-0.25, -0.2) is 9.97 Å². The van der Waals surface area contributed by atoms with Gasteiger partial charge in [-0.1, -0.05) is 36.4 Å². The summed E-state index contributed by atoms with van der Waals surface area (Å²) in [5.74, 6) is 0.971. The minimum absolute atomic E-state index is 0.0880. The molecule has 150 valence electrons. The number of nitrogens with one attached hydrogen (secondary N) is 1. The van der Waals surface area contributed by atoms with E-state index in [2.05, 4.69) is 32.0 Å². The normalized spacial score (nSPS) is 14.9. The number of carbonyl (C=O) groups excluding carboxylic acids is 1. The van der Waals surface area contributed by atoms with E-state index < -0.39 is 0 Å². The lowest BCUT2D eigenvalue weighted by Gasteiger charge is -2.34. The summed E-state index contributed by atoms with van der Waals surface area (Å²) in [4.78, 5) is 25.8. The molecule has 1 N–H and O–H groups in total. The average molecular weight is 420 g/mol. The zero-order valence-electron chi connectivity index (χ0n) is 16.5. The second-order valence-corrected chi connectivity index (χ2v) is 8.22. The van der Waals surface area contributed by atoms with E-state index in [-0.39, 0.29) is 11.7 Å². The van der Waals surface area contributed by atoms with E-state index in [9.17, 15) is 4.79 Å². The van der Waals surface area contributed by atoms with Crippen molar-refractivity contribution in [2.75, 3.05) is 48.7 Å². The first kappa shape index (κ1) is 20.9. The molecule has 6 nitrogen and oxygen atoms in total. The molecule has 28 heavy (non-hydrogen) atoms. The molecule has 0 aliphatic carbocycles. The Balaban J connectivity index is 1.58. The molecule has 0 unspecified atom stereocenters. The van der Waals surface area contributed by atoms with Gasteiger partial charge in [0.25, 0.3) is 0 Å². The van der Waals surface area contributed by atoms with Crippen molar-refractivity contribution in [3.63, 3.8) is 0 Å². The number of rotatable bonds is 6. The van der Waals surface area contributed by atoms with Gasteiger partial charge in [-0.3, -0.25) is 4.79 Å². The molecule has 1 fully saturated rings. The van der Waals surface area contributed by atoms with Crippen molar-refractivity contribution < 1.29 is 4.79 Å². The highest BCUT2D eigenvalue weighted by Gasteiger charge is 2.18. The van der Waals surface area contributed by atoms with Crippen molar-refractivity contribution in [3.8, 4) is 0 Å². The second-order valence-electron chi connectivity index (χ2n) is 6.89. The summed E-state index contributed by atoms with van der Waals surface area (Å²) in [5, 5.41) is 3.85.